The lowest BCUT2D eigenvalue weighted by molar-refractivity contribution is 0.481. The molecule has 2 rings (SSSR count). The minimum atomic E-state index is 0.292. The highest BCUT2D eigenvalue weighted by molar-refractivity contribution is 7.80. The summed E-state index contributed by atoms with van der Waals surface area (Å²) in [5, 5.41) is 10.4. The van der Waals surface area contributed by atoms with Crippen LogP contribution in [0.1, 0.15) is 4.88 Å². The smallest absolute Gasteiger partial charge is 0.124 e. The Morgan fingerprint density at radius 1 is 1.46 bits per heavy atom. The molecule has 4 heteroatoms. The van der Waals surface area contributed by atoms with Gasteiger partial charge in [-0.2, -0.15) is 0 Å². The van der Waals surface area contributed by atoms with Crippen LogP contribution in [0, 0.1) is 0 Å². The number of thiophene rings is 1. The molecule has 0 aliphatic rings. The van der Waals surface area contributed by atoms with Crippen molar-refractivity contribution in [2.45, 2.75) is 10.8 Å². The molecule has 0 radical (unpaired) electrons. The Bertz CT molecular complexity index is 411. The quantitative estimate of drug-likeness (QED) is 0.566. The second-order valence-corrected chi connectivity index (χ2v) is 4.58. The van der Waals surface area contributed by atoms with Gasteiger partial charge < -0.3 is 5.11 Å². The summed E-state index contributed by atoms with van der Waals surface area (Å²) in [4.78, 5) is 1.93. The minimum Gasteiger partial charge on any atom is -0.507 e. The van der Waals surface area contributed by atoms with Gasteiger partial charge in [-0.3, -0.25) is 0 Å². The number of thiol groups is 1. The van der Waals surface area contributed by atoms with Crippen molar-refractivity contribution in [3.8, 4) is 5.75 Å². The van der Waals surface area contributed by atoms with E-state index in [1.807, 2.05) is 6.07 Å². The van der Waals surface area contributed by atoms with Gasteiger partial charge >= 0.3 is 0 Å². The van der Waals surface area contributed by atoms with Crippen molar-refractivity contribution in [1.82, 2.24) is 0 Å². The summed E-state index contributed by atoms with van der Waals surface area (Å²) in [7, 11) is 0. The van der Waals surface area contributed by atoms with Gasteiger partial charge in [0.05, 0.1) is 10.6 Å². The standard InChI is InChI=1S/C9H7ClOS2/c10-4-5-3-6-7(11)1-2-8(12)9(6)13-5/h1-3,11-12H,4H2. The fourth-order valence-corrected chi connectivity index (χ4v) is 2.72. The summed E-state index contributed by atoms with van der Waals surface area (Å²) in [6.45, 7) is 0. The van der Waals surface area contributed by atoms with Gasteiger partial charge in [0.2, 0.25) is 0 Å². The molecule has 0 aliphatic carbocycles. The first-order chi connectivity index (χ1) is 6.22. The topological polar surface area (TPSA) is 20.2 Å². The Labute approximate surface area is 90.4 Å². The zero-order valence-electron chi connectivity index (χ0n) is 6.62. The van der Waals surface area contributed by atoms with E-state index in [2.05, 4.69) is 12.6 Å². The van der Waals surface area contributed by atoms with Crippen molar-refractivity contribution in [2.24, 2.45) is 0 Å². The first-order valence-corrected chi connectivity index (χ1v) is 5.51. The Hall–Kier alpha value is -0.380. The van der Waals surface area contributed by atoms with Gasteiger partial charge in [-0.15, -0.1) is 35.6 Å². The second-order valence-electron chi connectivity index (χ2n) is 2.69. The van der Waals surface area contributed by atoms with Gasteiger partial charge in [0.1, 0.15) is 5.75 Å². The number of fused-ring (bicyclic) bond motifs is 1. The zero-order chi connectivity index (χ0) is 9.42. The third-order valence-electron chi connectivity index (χ3n) is 1.82. The highest BCUT2D eigenvalue weighted by atomic mass is 35.5. The maximum absolute atomic E-state index is 9.53. The molecular weight excluding hydrogens is 224 g/mol. The van der Waals surface area contributed by atoms with E-state index in [9.17, 15) is 5.11 Å². The molecule has 0 saturated heterocycles. The molecule has 1 heterocycles. The van der Waals surface area contributed by atoms with Crippen LogP contribution < -0.4 is 0 Å². The number of alkyl halides is 1. The monoisotopic (exact) mass is 230 g/mol. The molecular formula is C9H7ClOS2. The first-order valence-electron chi connectivity index (χ1n) is 3.71. The highest BCUT2D eigenvalue weighted by Crippen LogP contribution is 2.36. The predicted molar refractivity (Wildman–Crippen MR) is 60.3 cm³/mol. The van der Waals surface area contributed by atoms with E-state index >= 15 is 0 Å². The molecule has 2 aromatic rings. The molecule has 13 heavy (non-hydrogen) atoms. The van der Waals surface area contributed by atoms with Crippen molar-refractivity contribution < 1.29 is 5.11 Å². The van der Waals surface area contributed by atoms with Crippen molar-refractivity contribution in [2.75, 3.05) is 0 Å². The molecule has 1 aromatic heterocycles. The Kier molecular flexibility index (Phi) is 2.41. The van der Waals surface area contributed by atoms with Crippen molar-refractivity contribution in [1.29, 1.82) is 0 Å². The summed E-state index contributed by atoms with van der Waals surface area (Å²) in [5.74, 6) is 0.770. The minimum absolute atomic E-state index is 0.292. The molecule has 0 fully saturated rings. The average molecular weight is 231 g/mol. The first kappa shape index (κ1) is 9.19. The summed E-state index contributed by atoms with van der Waals surface area (Å²) in [6, 6.07) is 5.34. The van der Waals surface area contributed by atoms with Crippen LogP contribution in [-0.4, -0.2) is 5.11 Å². The van der Waals surface area contributed by atoms with Crippen LogP contribution in [0.2, 0.25) is 0 Å². The number of hydrogen-bond donors (Lipinski definition) is 2. The van der Waals surface area contributed by atoms with E-state index < -0.39 is 0 Å². The highest BCUT2D eigenvalue weighted by Gasteiger charge is 2.07. The fourth-order valence-electron chi connectivity index (χ4n) is 1.21. The number of benzene rings is 1. The van der Waals surface area contributed by atoms with Gasteiger partial charge in [0.15, 0.2) is 0 Å². The lowest BCUT2D eigenvalue weighted by atomic mass is 10.2. The molecule has 0 unspecified atom stereocenters. The van der Waals surface area contributed by atoms with Crippen molar-refractivity contribution >= 4 is 45.7 Å². The number of phenolic OH excluding ortho intramolecular Hbond substituents is 1. The molecule has 0 saturated carbocycles. The third kappa shape index (κ3) is 1.52. The van der Waals surface area contributed by atoms with Crippen LogP contribution in [0.15, 0.2) is 23.1 Å². The van der Waals surface area contributed by atoms with Gasteiger partial charge in [0.25, 0.3) is 0 Å². The van der Waals surface area contributed by atoms with Crippen LogP contribution in [-0.2, 0) is 5.88 Å². The van der Waals surface area contributed by atoms with Crippen molar-refractivity contribution in [3.05, 3.63) is 23.1 Å². The van der Waals surface area contributed by atoms with Crippen molar-refractivity contribution in [3.63, 3.8) is 0 Å². The SMILES string of the molecule is Oc1ccc(S)c2sc(CCl)cc12. The number of rotatable bonds is 1. The van der Waals surface area contributed by atoms with Gasteiger partial charge in [-0.05, 0) is 18.2 Å². The fraction of sp³-hybridized carbons (Fsp3) is 0.111. The van der Waals surface area contributed by atoms with E-state index in [0.29, 0.717) is 11.6 Å². The lowest BCUT2D eigenvalue weighted by Crippen LogP contribution is -1.68. The lowest BCUT2D eigenvalue weighted by Gasteiger charge is -1.95. The van der Waals surface area contributed by atoms with E-state index in [4.69, 9.17) is 11.6 Å². The van der Waals surface area contributed by atoms with Crippen LogP contribution in [0.5, 0.6) is 5.75 Å². The summed E-state index contributed by atoms with van der Waals surface area (Å²) < 4.78 is 0.999. The van der Waals surface area contributed by atoms with Gasteiger partial charge in [0, 0.05) is 15.2 Å². The third-order valence-corrected chi connectivity index (χ3v) is 3.96. The Morgan fingerprint density at radius 2 is 2.23 bits per heavy atom. The molecule has 0 bridgehead atoms. The summed E-state index contributed by atoms with van der Waals surface area (Å²) in [5.41, 5.74) is 0. The largest absolute Gasteiger partial charge is 0.507 e. The zero-order valence-corrected chi connectivity index (χ0v) is 9.09. The normalized spacial score (nSPS) is 10.9. The van der Waals surface area contributed by atoms with E-state index in [-0.39, 0.29) is 0 Å². The summed E-state index contributed by atoms with van der Waals surface area (Å²) >= 11 is 11.6. The number of aromatic hydroxyl groups is 1. The number of phenols is 1. The summed E-state index contributed by atoms with van der Waals surface area (Å²) in [6.07, 6.45) is 0. The number of hydrogen-bond acceptors (Lipinski definition) is 3. The molecule has 1 aromatic carbocycles. The molecule has 0 amide bonds. The van der Waals surface area contributed by atoms with Crippen LogP contribution >= 0.6 is 35.6 Å². The second kappa shape index (κ2) is 3.40. The Balaban J connectivity index is 2.80. The van der Waals surface area contributed by atoms with Gasteiger partial charge in [-0.1, -0.05) is 0 Å². The Morgan fingerprint density at radius 3 is 2.85 bits per heavy atom. The van der Waals surface area contributed by atoms with Gasteiger partial charge in [-0.25, -0.2) is 0 Å². The molecule has 0 spiro atoms. The molecule has 0 aliphatic heterocycles. The predicted octanol–water partition coefficient (Wildman–Crippen LogP) is 3.63. The average Bonchev–Trinajstić information content (AvgIpc) is 2.56. The number of halogens is 1. The van der Waals surface area contributed by atoms with Crippen LogP contribution in [0.25, 0.3) is 10.1 Å². The van der Waals surface area contributed by atoms with Crippen LogP contribution in [0.4, 0.5) is 0 Å². The maximum Gasteiger partial charge on any atom is 0.124 e. The molecule has 1 N–H and O–H groups in total. The van der Waals surface area contributed by atoms with E-state index in [1.54, 1.807) is 23.5 Å². The molecule has 68 valence electrons. The van der Waals surface area contributed by atoms with Crippen LogP contribution in [0.3, 0.4) is 0 Å². The maximum atomic E-state index is 9.53. The van der Waals surface area contributed by atoms with E-state index in [1.165, 1.54) is 0 Å². The van der Waals surface area contributed by atoms with E-state index in [0.717, 1.165) is 19.9 Å². The molecule has 1 nitrogen and oxygen atoms in total. The molecule has 0 atom stereocenters.